The predicted molar refractivity (Wildman–Crippen MR) is 60.6 cm³/mol. The van der Waals surface area contributed by atoms with E-state index in [9.17, 15) is 14.4 Å². The van der Waals surface area contributed by atoms with Gasteiger partial charge in [0.1, 0.15) is 11.3 Å². The van der Waals surface area contributed by atoms with E-state index in [1.165, 1.54) is 18.3 Å². The van der Waals surface area contributed by atoms with Crippen LogP contribution in [0.3, 0.4) is 0 Å². The van der Waals surface area contributed by atoms with E-state index in [4.69, 9.17) is 5.11 Å². The molecule has 1 amide bonds. The summed E-state index contributed by atoms with van der Waals surface area (Å²) < 4.78 is 0. The van der Waals surface area contributed by atoms with Crippen LogP contribution < -0.4 is 10.9 Å². The molecule has 2 aromatic rings. The number of aromatic carboxylic acids is 1. The molecule has 0 saturated carbocycles. The van der Waals surface area contributed by atoms with Gasteiger partial charge >= 0.3 is 5.97 Å². The average Bonchev–Trinajstić information content (AvgIpc) is 2.78. The number of carboxylic acid groups (broad SMARTS) is 1. The highest BCUT2D eigenvalue weighted by Gasteiger charge is 2.13. The van der Waals surface area contributed by atoms with Gasteiger partial charge in [0.05, 0.1) is 0 Å². The van der Waals surface area contributed by atoms with Crippen LogP contribution in [0.5, 0.6) is 0 Å². The first-order valence-electron chi connectivity index (χ1n) is 4.85. The van der Waals surface area contributed by atoms with Gasteiger partial charge in [0, 0.05) is 12.3 Å². The van der Waals surface area contributed by atoms with Crippen LogP contribution in [0.15, 0.2) is 29.2 Å². The molecule has 8 heteroatoms. The summed E-state index contributed by atoms with van der Waals surface area (Å²) in [4.78, 5) is 35.9. The van der Waals surface area contributed by atoms with Crippen molar-refractivity contribution in [1.29, 1.82) is 0 Å². The van der Waals surface area contributed by atoms with Gasteiger partial charge < -0.3 is 15.4 Å². The summed E-state index contributed by atoms with van der Waals surface area (Å²) >= 11 is 0. The third-order valence-corrected chi connectivity index (χ3v) is 2.11. The minimum Gasteiger partial charge on any atom is -0.477 e. The first-order chi connectivity index (χ1) is 8.58. The van der Waals surface area contributed by atoms with Crippen LogP contribution in [-0.4, -0.2) is 32.2 Å². The molecule has 2 heterocycles. The first-order valence-corrected chi connectivity index (χ1v) is 4.85. The maximum atomic E-state index is 11.7. The van der Waals surface area contributed by atoms with Gasteiger partial charge in [-0.2, -0.15) is 5.10 Å². The fraction of sp³-hybridized carbons (Fsp3) is 0. The molecule has 0 bridgehead atoms. The lowest BCUT2D eigenvalue weighted by atomic mass is 10.2. The fourth-order valence-electron chi connectivity index (χ4n) is 1.28. The largest absolute Gasteiger partial charge is 0.477 e. The Morgan fingerprint density at radius 2 is 2.17 bits per heavy atom. The third-order valence-electron chi connectivity index (χ3n) is 2.11. The van der Waals surface area contributed by atoms with Gasteiger partial charge in [-0.05, 0) is 12.1 Å². The summed E-state index contributed by atoms with van der Waals surface area (Å²) in [6.07, 6.45) is 1.40. The van der Waals surface area contributed by atoms with E-state index in [1.807, 2.05) is 0 Å². The van der Waals surface area contributed by atoms with Crippen molar-refractivity contribution in [2.75, 3.05) is 5.32 Å². The molecule has 0 atom stereocenters. The van der Waals surface area contributed by atoms with Gasteiger partial charge in [-0.3, -0.25) is 14.7 Å². The Morgan fingerprint density at radius 3 is 2.78 bits per heavy atom. The standard InChI is InChI=1S/C10H8N4O4/c15-8-5(2-1-3-11-8)9(16)12-7-4-6(10(17)18)13-14-7/h1-4H,(H,11,15)(H,17,18)(H2,12,13,14,16). The van der Waals surface area contributed by atoms with Crippen LogP contribution >= 0.6 is 0 Å². The molecule has 92 valence electrons. The predicted octanol–water partition coefficient (Wildman–Crippen LogP) is 0.0485. The van der Waals surface area contributed by atoms with Crippen molar-refractivity contribution in [3.05, 3.63) is 46.0 Å². The van der Waals surface area contributed by atoms with E-state index in [0.29, 0.717) is 0 Å². The number of pyridine rings is 1. The highest BCUT2D eigenvalue weighted by atomic mass is 16.4. The van der Waals surface area contributed by atoms with E-state index in [0.717, 1.165) is 6.07 Å². The van der Waals surface area contributed by atoms with Crippen molar-refractivity contribution < 1.29 is 14.7 Å². The number of rotatable bonds is 3. The van der Waals surface area contributed by atoms with Gasteiger partial charge in [-0.15, -0.1) is 0 Å². The summed E-state index contributed by atoms with van der Waals surface area (Å²) in [5, 5.41) is 16.8. The minimum atomic E-state index is -1.19. The van der Waals surface area contributed by atoms with E-state index in [1.54, 1.807) is 0 Å². The number of H-pyrrole nitrogens is 2. The second-order valence-electron chi connectivity index (χ2n) is 3.34. The van der Waals surface area contributed by atoms with Crippen molar-refractivity contribution in [2.45, 2.75) is 0 Å². The molecule has 0 saturated heterocycles. The zero-order valence-electron chi connectivity index (χ0n) is 8.93. The Labute approximate surface area is 99.7 Å². The smallest absolute Gasteiger partial charge is 0.353 e. The number of anilines is 1. The molecule has 2 aromatic heterocycles. The lowest BCUT2D eigenvalue weighted by Gasteiger charge is -1.99. The molecule has 8 nitrogen and oxygen atoms in total. The van der Waals surface area contributed by atoms with Gasteiger partial charge in [-0.1, -0.05) is 0 Å². The van der Waals surface area contributed by atoms with Gasteiger partial charge in [-0.25, -0.2) is 4.79 Å². The average molecular weight is 248 g/mol. The monoisotopic (exact) mass is 248 g/mol. The third kappa shape index (κ3) is 2.26. The van der Waals surface area contributed by atoms with E-state index in [-0.39, 0.29) is 17.1 Å². The molecular weight excluding hydrogens is 240 g/mol. The number of nitrogens with zero attached hydrogens (tertiary/aromatic N) is 1. The van der Waals surface area contributed by atoms with Gasteiger partial charge in [0.25, 0.3) is 11.5 Å². The van der Waals surface area contributed by atoms with Gasteiger partial charge in [0.15, 0.2) is 5.82 Å². The molecule has 0 fully saturated rings. The van der Waals surface area contributed by atoms with Crippen LogP contribution in [0.25, 0.3) is 0 Å². The molecule has 4 N–H and O–H groups in total. The maximum Gasteiger partial charge on any atom is 0.353 e. The van der Waals surface area contributed by atoms with E-state index >= 15 is 0 Å². The zero-order valence-corrected chi connectivity index (χ0v) is 8.93. The van der Waals surface area contributed by atoms with Crippen LogP contribution in [0, 0.1) is 0 Å². The van der Waals surface area contributed by atoms with Gasteiger partial charge in [0.2, 0.25) is 0 Å². The zero-order chi connectivity index (χ0) is 13.1. The molecule has 2 rings (SSSR count). The molecule has 0 spiro atoms. The number of aromatic nitrogens is 3. The number of hydrogen-bond acceptors (Lipinski definition) is 4. The molecule has 0 aliphatic rings. The van der Waals surface area contributed by atoms with Crippen molar-refractivity contribution in [3.8, 4) is 0 Å². The summed E-state index contributed by atoms with van der Waals surface area (Å²) in [6.45, 7) is 0. The normalized spacial score (nSPS) is 10.0. The van der Waals surface area contributed by atoms with E-state index < -0.39 is 17.4 Å². The lowest BCUT2D eigenvalue weighted by Crippen LogP contribution is -2.22. The van der Waals surface area contributed by atoms with Crippen LogP contribution in [-0.2, 0) is 0 Å². The Kier molecular flexibility index (Phi) is 2.92. The fourth-order valence-corrected chi connectivity index (χ4v) is 1.28. The topological polar surface area (TPSA) is 128 Å². The van der Waals surface area contributed by atoms with E-state index in [2.05, 4.69) is 20.5 Å². The quantitative estimate of drug-likeness (QED) is 0.610. The van der Waals surface area contributed by atoms with Crippen molar-refractivity contribution in [1.82, 2.24) is 15.2 Å². The van der Waals surface area contributed by atoms with Crippen LogP contribution in [0.1, 0.15) is 20.8 Å². The summed E-state index contributed by atoms with van der Waals surface area (Å²) in [6, 6.07) is 4.00. The molecular formula is C10H8N4O4. The second-order valence-corrected chi connectivity index (χ2v) is 3.34. The summed E-state index contributed by atoms with van der Waals surface area (Å²) in [5.74, 6) is -1.83. The molecule has 0 unspecified atom stereocenters. The summed E-state index contributed by atoms with van der Waals surface area (Å²) in [5.41, 5.74) is -0.784. The summed E-state index contributed by atoms with van der Waals surface area (Å²) in [7, 11) is 0. The second kappa shape index (κ2) is 4.53. The Hall–Kier alpha value is -2.90. The number of amides is 1. The van der Waals surface area contributed by atoms with Crippen LogP contribution in [0.2, 0.25) is 0 Å². The number of carbonyl (C=O) groups is 2. The number of nitrogens with one attached hydrogen (secondary N) is 3. The first kappa shape index (κ1) is 11.6. The molecule has 18 heavy (non-hydrogen) atoms. The SMILES string of the molecule is O=C(O)c1cc(NC(=O)c2ccc[nH]c2=O)n[nH]1. The highest BCUT2D eigenvalue weighted by Crippen LogP contribution is 2.06. The van der Waals surface area contributed by atoms with Crippen molar-refractivity contribution in [2.24, 2.45) is 0 Å². The number of hydrogen-bond donors (Lipinski definition) is 4. The Bertz CT molecular complexity index is 658. The number of carbonyl (C=O) groups excluding carboxylic acids is 1. The van der Waals surface area contributed by atoms with Crippen molar-refractivity contribution in [3.63, 3.8) is 0 Å². The maximum absolute atomic E-state index is 11.7. The van der Waals surface area contributed by atoms with Crippen LogP contribution in [0.4, 0.5) is 5.82 Å². The lowest BCUT2D eigenvalue weighted by molar-refractivity contribution is 0.0690. The van der Waals surface area contributed by atoms with Crippen molar-refractivity contribution >= 4 is 17.7 Å². The minimum absolute atomic E-state index is 0.0284. The molecule has 0 aliphatic heterocycles. The molecule has 0 radical (unpaired) electrons. The number of carboxylic acids is 1. The Morgan fingerprint density at radius 1 is 1.39 bits per heavy atom. The molecule has 0 aromatic carbocycles. The highest BCUT2D eigenvalue weighted by molar-refractivity contribution is 6.03. The molecule has 0 aliphatic carbocycles. The number of aromatic amines is 2. The Balaban J connectivity index is 2.19.